The van der Waals surface area contributed by atoms with E-state index in [1.165, 1.54) is 36.5 Å². The number of thiophene rings is 1. The summed E-state index contributed by atoms with van der Waals surface area (Å²) in [5, 5.41) is 10.6. The molecule has 1 aromatic carbocycles. The molecule has 24 heavy (non-hydrogen) atoms. The Kier molecular flexibility index (Phi) is 4.39. The van der Waals surface area contributed by atoms with Crippen molar-refractivity contribution < 1.29 is 18.5 Å². The predicted octanol–water partition coefficient (Wildman–Crippen LogP) is 3.75. The van der Waals surface area contributed by atoms with Gasteiger partial charge < -0.3 is 15.2 Å². The average Bonchev–Trinajstić information content (AvgIpc) is 3.20. The topological polar surface area (TPSA) is 84.2 Å². The minimum absolute atomic E-state index is 0.0141. The van der Waals surface area contributed by atoms with Crippen molar-refractivity contribution in [2.45, 2.75) is 6.92 Å². The third kappa shape index (κ3) is 3.49. The van der Waals surface area contributed by atoms with Crippen LogP contribution in [0, 0.1) is 5.82 Å². The quantitative estimate of drug-likeness (QED) is 0.754. The largest absolute Gasteiger partial charge is 0.355 e. The molecule has 0 atom stereocenters. The van der Waals surface area contributed by atoms with Gasteiger partial charge >= 0.3 is 0 Å². The molecule has 0 bridgehead atoms. The number of amides is 2. The van der Waals surface area contributed by atoms with E-state index in [1.807, 2.05) is 17.5 Å². The molecule has 0 spiro atoms. The van der Waals surface area contributed by atoms with E-state index in [2.05, 4.69) is 15.8 Å². The molecular weight excluding hydrogens is 333 g/mol. The van der Waals surface area contributed by atoms with Crippen molar-refractivity contribution in [3.63, 3.8) is 0 Å². The fraction of sp³-hybridized carbons (Fsp3) is 0.0625. The van der Waals surface area contributed by atoms with Crippen LogP contribution < -0.4 is 10.6 Å². The summed E-state index contributed by atoms with van der Waals surface area (Å²) in [5.74, 6) is -1.01. The first-order chi connectivity index (χ1) is 11.5. The van der Waals surface area contributed by atoms with E-state index in [1.54, 1.807) is 0 Å². The molecule has 3 aromatic rings. The van der Waals surface area contributed by atoms with Gasteiger partial charge in [-0.15, -0.1) is 11.3 Å². The van der Waals surface area contributed by atoms with Crippen LogP contribution in [0.4, 0.5) is 15.8 Å². The van der Waals surface area contributed by atoms with Crippen LogP contribution in [0.15, 0.2) is 46.3 Å². The Labute approximate surface area is 140 Å². The van der Waals surface area contributed by atoms with Gasteiger partial charge in [0.2, 0.25) is 5.91 Å². The summed E-state index contributed by atoms with van der Waals surface area (Å²) in [4.78, 5) is 24.1. The number of halogens is 1. The van der Waals surface area contributed by atoms with Gasteiger partial charge in [-0.05, 0) is 29.6 Å². The number of benzene rings is 1. The highest BCUT2D eigenvalue weighted by molar-refractivity contribution is 7.13. The molecule has 2 aromatic heterocycles. The second-order valence-electron chi connectivity index (χ2n) is 4.88. The lowest BCUT2D eigenvalue weighted by molar-refractivity contribution is -0.114. The summed E-state index contributed by atoms with van der Waals surface area (Å²) in [6, 6.07) is 9.12. The Bertz CT molecular complexity index is 890. The molecule has 0 unspecified atom stereocenters. The molecular formula is C16H12FN3O3S. The van der Waals surface area contributed by atoms with E-state index in [9.17, 15) is 14.0 Å². The molecule has 8 heteroatoms. The number of hydrogen-bond donors (Lipinski definition) is 2. The van der Waals surface area contributed by atoms with Crippen LogP contribution in [0.2, 0.25) is 0 Å². The Morgan fingerprint density at radius 2 is 2.04 bits per heavy atom. The second-order valence-corrected chi connectivity index (χ2v) is 5.83. The Hall–Kier alpha value is -3.00. The van der Waals surface area contributed by atoms with Crippen LogP contribution in [0.3, 0.4) is 0 Å². The molecule has 6 nitrogen and oxygen atoms in total. The van der Waals surface area contributed by atoms with Gasteiger partial charge in [0.15, 0.2) is 11.5 Å². The number of hydrogen-bond acceptors (Lipinski definition) is 5. The minimum atomic E-state index is -0.593. The van der Waals surface area contributed by atoms with Gasteiger partial charge in [-0.3, -0.25) is 9.59 Å². The van der Waals surface area contributed by atoms with Crippen molar-refractivity contribution in [1.29, 1.82) is 0 Å². The van der Waals surface area contributed by atoms with E-state index in [0.717, 1.165) is 10.9 Å². The lowest BCUT2D eigenvalue weighted by Crippen LogP contribution is -2.13. The maximum absolute atomic E-state index is 13.6. The molecule has 3 rings (SSSR count). The molecule has 0 aliphatic rings. The minimum Gasteiger partial charge on any atom is -0.355 e. The summed E-state index contributed by atoms with van der Waals surface area (Å²) < 4.78 is 18.7. The third-order valence-corrected chi connectivity index (χ3v) is 3.93. The smallest absolute Gasteiger partial charge is 0.277 e. The standard InChI is InChI=1S/C16H12FN3O3S/c1-9(21)18-12-7-10(4-5-11(12)17)19-16(22)13-8-14(23-20-13)15-3-2-6-24-15/h2-8H,1H3,(H,18,21)(H,19,22). The number of nitrogens with one attached hydrogen (secondary N) is 2. The third-order valence-electron chi connectivity index (χ3n) is 3.04. The Morgan fingerprint density at radius 3 is 2.75 bits per heavy atom. The molecule has 0 fully saturated rings. The van der Waals surface area contributed by atoms with E-state index in [4.69, 9.17) is 4.52 Å². The Morgan fingerprint density at radius 1 is 1.21 bits per heavy atom. The molecule has 2 heterocycles. The summed E-state index contributed by atoms with van der Waals surface area (Å²) in [7, 11) is 0. The highest BCUT2D eigenvalue weighted by Gasteiger charge is 2.15. The van der Waals surface area contributed by atoms with E-state index >= 15 is 0 Å². The summed E-state index contributed by atoms with van der Waals surface area (Å²) in [5.41, 5.74) is 0.411. The number of aromatic nitrogens is 1. The van der Waals surface area contributed by atoms with Crippen LogP contribution >= 0.6 is 11.3 Å². The molecule has 122 valence electrons. The molecule has 0 aliphatic carbocycles. The van der Waals surface area contributed by atoms with Gasteiger partial charge in [0.25, 0.3) is 5.91 Å². The lowest BCUT2D eigenvalue weighted by Gasteiger charge is -2.07. The zero-order valence-corrected chi connectivity index (χ0v) is 13.3. The van der Waals surface area contributed by atoms with Crippen molar-refractivity contribution in [3.8, 4) is 10.6 Å². The zero-order valence-electron chi connectivity index (χ0n) is 12.5. The van der Waals surface area contributed by atoms with Crippen LogP contribution in [0.1, 0.15) is 17.4 Å². The first kappa shape index (κ1) is 15.9. The number of rotatable bonds is 4. The van der Waals surface area contributed by atoms with Gasteiger partial charge in [0.1, 0.15) is 5.82 Å². The highest BCUT2D eigenvalue weighted by atomic mass is 32.1. The predicted molar refractivity (Wildman–Crippen MR) is 88.5 cm³/mol. The molecule has 0 saturated carbocycles. The van der Waals surface area contributed by atoms with E-state index < -0.39 is 17.6 Å². The molecule has 0 saturated heterocycles. The molecule has 0 radical (unpaired) electrons. The van der Waals surface area contributed by atoms with Gasteiger partial charge in [-0.2, -0.15) is 0 Å². The monoisotopic (exact) mass is 345 g/mol. The van der Waals surface area contributed by atoms with Crippen LogP contribution in [0.25, 0.3) is 10.6 Å². The number of anilines is 2. The molecule has 2 amide bonds. The number of carbonyl (C=O) groups excluding carboxylic acids is 2. The van der Waals surface area contributed by atoms with Crippen LogP contribution in [0.5, 0.6) is 0 Å². The SMILES string of the molecule is CC(=O)Nc1cc(NC(=O)c2cc(-c3cccs3)on2)ccc1F. The van der Waals surface area contributed by atoms with Crippen molar-refractivity contribution in [3.05, 3.63) is 53.3 Å². The molecule has 0 aliphatic heterocycles. The zero-order chi connectivity index (χ0) is 17.1. The van der Waals surface area contributed by atoms with Gasteiger partial charge in [0.05, 0.1) is 10.6 Å². The van der Waals surface area contributed by atoms with Gasteiger partial charge in [-0.1, -0.05) is 11.2 Å². The summed E-state index contributed by atoms with van der Waals surface area (Å²) in [6.07, 6.45) is 0. The summed E-state index contributed by atoms with van der Waals surface area (Å²) >= 11 is 1.47. The average molecular weight is 345 g/mol. The van der Waals surface area contributed by atoms with Crippen molar-refractivity contribution >= 4 is 34.5 Å². The van der Waals surface area contributed by atoms with Crippen LogP contribution in [-0.4, -0.2) is 17.0 Å². The lowest BCUT2D eigenvalue weighted by atomic mass is 10.2. The highest BCUT2D eigenvalue weighted by Crippen LogP contribution is 2.26. The van der Waals surface area contributed by atoms with E-state index in [-0.39, 0.29) is 11.4 Å². The summed E-state index contributed by atoms with van der Waals surface area (Å²) in [6.45, 7) is 1.27. The number of carbonyl (C=O) groups is 2. The van der Waals surface area contributed by atoms with E-state index in [0.29, 0.717) is 11.4 Å². The fourth-order valence-electron chi connectivity index (χ4n) is 2.00. The molecule has 2 N–H and O–H groups in total. The van der Waals surface area contributed by atoms with Crippen molar-refractivity contribution in [1.82, 2.24) is 5.16 Å². The second kappa shape index (κ2) is 6.63. The van der Waals surface area contributed by atoms with Gasteiger partial charge in [-0.25, -0.2) is 4.39 Å². The van der Waals surface area contributed by atoms with Crippen molar-refractivity contribution in [2.24, 2.45) is 0 Å². The van der Waals surface area contributed by atoms with Gasteiger partial charge in [0, 0.05) is 18.7 Å². The maximum atomic E-state index is 13.6. The normalized spacial score (nSPS) is 10.4. The maximum Gasteiger partial charge on any atom is 0.277 e. The first-order valence-electron chi connectivity index (χ1n) is 6.92. The van der Waals surface area contributed by atoms with Crippen LogP contribution in [-0.2, 0) is 4.79 Å². The Balaban J connectivity index is 1.76. The number of nitrogens with zero attached hydrogens (tertiary/aromatic N) is 1. The fourth-order valence-corrected chi connectivity index (χ4v) is 2.67. The van der Waals surface area contributed by atoms with Crippen molar-refractivity contribution in [2.75, 3.05) is 10.6 Å². The first-order valence-corrected chi connectivity index (χ1v) is 7.80.